The molecule has 0 spiro atoms. The number of ether oxygens (including phenoxy) is 1. The zero-order valence-corrected chi connectivity index (χ0v) is 12.1. The van der Waals surface area contributed by atoms with Crippen LogP contribution in [0.4, 0.5) is 4.39 Å². The van der Waals surface area contributed by atoms with Crippen molar-refractivity contribution in [2.45, 2.75) is 44.1 Å². The van der Waals surface area contributed by atoms with E-state index in [0.717, 1.165) is 19.3 Å². The number of amides is 1. The molecule has 0 atom stereocenters. The minimum atomic E-state index is -0.842. The van der Waals surface area contributed by atoms with Crippen molar-refractivity contribution < 1.29 is 19.0 Å². The number of nitrogens with one attached hydrogen (secondary N) is 1. The van der Waals surface area contributed by atoms with Gasteiger partial charge in [0.25, 0.3) is 0 Å². The molecule has 0 aliphatic heterocycles. The number of carbonyl (C=O) groups is 1. The highest BCUT2D eigenvalue weighted by atomic mass is 19.1. The largest absolute Gasteiger partial charge is 0.492 e. The molecule has 21 heavy (non-hydrogen) atoms. The van der Waals surface area contributed by atoms with Gasteiger partial charge in [-0.25, -0.2) is 4.39 Å². The minimum Gasteiger partial charge on any atom is -0.492 e. The Balaban J connectivity index is 1.65. The molecule has 0 bridgehead atoms. The summed E-state index contributed by atoms with van der Waals surface area (Å²) in [5, 5.41) is 13.0. The van der Waals surface area contributed by atoms with E-state index < -0.39 is 5.60 Å². The van der Waals surface area contributed by atoms with Crippen LogP contribution in [0.2, 0.25) is 0 Å². The van der Waals surface area contributed by atoms with Gasteiger partial charge in [0.2, 0.25) is 5.91 Å². The Labute approximate surface area is 124 Å². The van der Waals surface area contributed by atoms with E-state index in [1.54, 1.807) is 12.1 Å². The van der Waals surface area contributed by atoms with E-state index in [9.17, 15) is 14.3 Å². The van der Waals surface area contributed by atoms with Gasteiger partial charge in [-0.3, -0.25) is 4.79 Å². The quantitative estimate of drug-likeness (QED) is 0.792. The second-order valence-electron chi connectivity index (χ2n) is 5.62. The molecule has 1 saturated carbocycles. The maximum absolute atomic E-state index is 12.9. The van der Waals surface area contributed by atoms with E-state index in [1.807, 2.05) is 0 Å². The lowest BCUT2D eigenvalue weighted by Crippen LogP contribution is -2.39. The lowest BCUT2D eigenvalue weighted by atomic mass is 9.82. The highest BCUT2D eigenvalue weighted by Gasteiger charge is 2.31. The van der Waals surface area contributed by atoms with Crippen LogP contribution in [-0.2, 0) is 4.79 Å². The summed E-state index contributed by atoms with van der Waals surface area (Å²) in [5.74, 6) is -0.0755. The fourth-order valence-corrected chi connectivity index (χ4v) is 2.66. The Kier molecular flexibility index (Phi) is 5.56. The van der Waals surface area contributed by atoms with Crippen LogP contribution >= 0.6 is 0 Å². The molecule has 0 heterocycles. The zero-order chi connectivity index (χ0) is 15.1. The predicted molar refractivity (Wildman–Crippen MR) is 77.6 cm³/mol. The number of hydrogen-bond acceptors (Lipinski definition) is 3. The first-order valence-corrected chi connectivity index (χ1v) is 7.45. The molecule has 4 nitrogen and oxygen atoms in total. The molecule has 1 fully saturated rings. The van der Waals surface area contributed by atoms with Crippen LogP contribution in [0.3, 0.4) is 0 Å². The third-order valence-electron chi connectivity index (χ3n) is 3.76. The average molecular weight is 295 g/mol. The van der Waals surface area contributed by atoms with Gasteiger partial charge in [-0.1, -0.05) is 25.3 Å². The second-order valence-corrected chi connectivity index (χ2v) is 5.62. The molecule has 1 amide bonds. The zero-order valence-electron chi connectivity index (χ0n) is 12.1. The first-order valence-electron chi connectivity index (χ1n) is 7.45. The van der Waals surface area contributed by atoms with Crippen molar-refractivity contribution in [3.05, 3.63) is 30.1 Å². The van der Waals surface area contributed by atoms with E-state index in [2.05, 4.69) is 5.32 Å². The van der Waals surface area contributed by atoms with Crippen molar-refractivity contribution in [1.82, 2.24) is 5.32 Å². The van der Waals surface area contributed by atoms with Gasteiger partial charge in [0, 0.05) is 6.07 Å². The summed E-state index contributed by atoms with van der Waals surface area (Å²) in [5.41, 5.74) is -0.842. The van der Waals surface area contributed by atoms with E-state index >= 15 is 0 Å². The molecular weight excluding hydrogens is 273 g/mol. The molecule has 1 aromatic carbocycles. The van der Waals surface area contributed by atoms with E-state index in [1.165, 1.54) is 12.1 Å². The van der Waals surface area contributed by atoms with Crippen molar-refractivity contribution in [1.29, 1.82) is 0 Å². The normalized spacial score (nSPS) is 17.2. The van der Waals surface area contributed by atoms with Crippen LogP contribution in [0, 0.1) is 5.82 Å². The van der Waals surface area contributed by atoms with Crippen LogP contribution in [-0.4, -0.2) is 29.8 Å². The molecule has 0 saturated heterocycles. The van der Waals surface area contributed by atoms with Crippen molar-refractivity contribution in [3.63, 3.8) is 0 Å². The second kappa shape index (κ2) is 7.41. The SMILES string of the molecule is O=C(CC1(O)CCCCC1)NCCOc1cccc(F)c1. The van der Waals surface area contributed by atoms with Crippen LogP contribution in [0.25, 0.3) is 0 Å². The van der Waals surface area contributed by atoms with Gasteiger partial charge in [-0.05, 0) is 25.0 Å². The van der Waals surface area contributed by atoms with Gasteiger partial charge in [0.05, 0.1) is 18.6 Å². The van der Waals surface area contributed by atoms with Crippen molar-refractivity contribution >= 4 is 5.91 Å². The van der Waals surface area contributed by atoms with E-state index in [0.29, 0.717) is 25.1 Å². The summed E-state index contributed by atoms with van der Waals surface area (Å²) in [7, 11) is 0. The number of rotatable bonds is 6. The van der Waals surface area contributed by atoms with Gasteiger partial charge in [0.15, 0.2) is 0 Å². The Hall–Kier alpha value is -1.62. The smallest absolute Gasteiger partial charge is 0.223 e. The highest BCUT2D eigenvalue weighted by molar-refractivity contribution is 5.77. The number of benzene rings is 1. The van der Waals surface area contributed by atoms with Gasteiger partial charge < -0.3 is 15.2 Å². The Bertz CT molecular complexity index is 472. The number of halogens is 1. The van der Waals surface area contributed by atoms with Crippen LogP contribution in [0.1, 0.15) is 38.5 Å². The standard InChI is InChI=1S/C16H22FNO3/c17-13-5-4-6-14(11-13)21-10-9-18-15(19)12-16(20)7-2-1-3-8-16/h4-6,11,20H,1-3,7-10,12H2,(H,18,19). The van der Waals surface area contributed by atoms with Gasteiger partial charge in [-0.2, -0.15) is 0 Å². The summed E-state index contributed by atoms with van der Waals surface area (Å²) in [4.78, 5) is 11.8. The highest BCUT2D eigenvalue weighted by Crippen LogP contribution is 2.30. The van der Waals surface area contributed by atoms with Crippen molar-refractivity contribution in [2.75, 3.05) is 13.2 Å². The van der Waals surface area contributed by atoms with Gasteiger partial charge >= 0.3 is 0 Å². The van der Waals surface area contributed by atoms with Gasteiger partial charge in [0.1, 0.15) is 18.2 Å². The average Bonchev–Trinajstić information content (AvgIpc) is 2.44. The molecule has 1 aliphatic carbocycles. The number of aliphatic hydroxyl groups is 1. The first-order chi connectivity index (χ1) is 10.1. The molecule has 2 N–H and O–H groups in total. The predicted octanol–water partition coefficient (Wildman–Crippen LogP) is 2.41. The summed E-state index contributed by atoms with van der Waals surface area (Å²) in [6, 6.07) is 5.88. The summed E-state index contributed by atoms with van der Waals surface area (Å²) < 4.78 is 18.3. The molecular formula is C16H22FNO3. The number of carbonyl (C=O) groups excluding carboxylic acids is 1. The fraction of sp³-hybridized carbons (Fsp3) is 0.562. The molecule has 5 heteroatoms. The van der Waals surface area contributed by atoms with Crippen molar-refractivity contribution in [2.24, 2.45) is 0 Å². The lowest BCUT2D eigenvalue weighted by molar-refractivity contribution is -0.127. The topological polar surface area (TPSA) is 58.6 Å². The Morgan fingerprint density at radius 2 is 2.10 bits per heavy atom. The lowest BCUT2D eigenvalue weighted by Gasteiger charge is -2.31. The van der Waals surface area contributed by atoms with Crippen LogP contribution in [0.15, 0.2) is 24.3 Å². The monoisotopic (exact) mass is 295 g/mol. The third kappa shape index (κ3) is 5.34. The molecule has 1 aromatic rings. The van der Waals surface area contributed by atoms with Crippen LogP contribution < -0.4 is 10.1 Å². The minimum absolute atomic E-state index is 0.146. The third-order valence-corrected chi connectivity index (χ3v) is 3.76. The summed E-state index contributed by atoms with van der Waals surface area (Å²) in [6.45, 7) is 0.610. The Morgan fingerprint density at radius 3 is 2.81 bits per heavy atom. The summed E-state index contributed by atoms with van der Waals surface area (Å²) >= 11 is 0. The molecule has 1 aliphatic rings. The van der Waals surface area contributed by atoms with E-state index in [-0.39, 0.29) is 24.8 Å². The molecule has 0 aromatic heterocycles. The summed E-state index contributed by atoms with van der Waals surface area (Å²) in [6.07, 6.45) is 4.62. The molecule has 0 unspecified atom stereocenters. The maximum Gasteiger partial charge on any atom is 0.223 e. The molecule has 0 radical (unpaired) electrons. The van der Waals surface area contributed by atoms with Crippen molar-refractivity contribution in [3.8, 4) is 5.75 Å². The molecule has 2 rings (SSSR count). The maximum atomic E-state index is 12.9. The first kappa shape index (κ1) is 15.8. The van der Waals surface area contributed by atoms with Gasteiger partial charge in [-0.15, -0.1) is 0 Å². The molecule has 116 valence electrons. The van der Waals surface area contributed by atoms with Crippen LogP contribution in [0.5, 0.6) is 5.75 Å². The number of hydrogen-bond donors (Lipinski definition) is 2. The fourth-order valence-electron chi connectivity index (χ4n) is 2.66. The van der Waals surface area contributed by atoms with E-state index in [4.69, 9.17) is 4.74 Å². The Morgan fingerprint density at radius 1 is 1.33 bits per heavy atom.